The summed E-state index contributed by atoms with van der Waals surface area (Å²) in [5.41, 5.74) is 3.89. The Balaban J connectivity index is 2.21. The quantitative estimate of drug-likeness (QED) is 0.806. The smallest absolute Gasteiger partial charge is 0.181 e. The van der Waals surface area contributed by atoms with E-state index in [-0.39, 0.29) is 11.2 Å². The molecule has 4 heteroatoms. The molecule has 0 spiro atoms. The lowest BCUT2D eigenvalue weighted by Gasteiger charge is -2.19. The van der Waals surface area contributed by atoms with Crippen LogP contribution in [0.2, 0.25) is 0 Å². The first kappa shape index (κ1) is 14.4. The number of hydrogen-bond acceptors (Lipinski definition) is 3. The Morgan fingerprint density at radius 2 is 1.80 bits per heavy atom. The SMILES string of the molecule is CC(=O)c1nnn(Cc2ccc(C(C)(C)C)cc2)c1C. The molecule has 0 unspecified atom stereocenters. The summed E-state index contributed by atoms with van der Waals surface area (Å²) in [5.74, 6) is -0.0446. The lowest BCUT2D eigenvalue weighted by atomic mass is 9.87. The minimum absolute atomic E-state index is 0.0446. The molecule has 2 aromatic rings. The molecule has 0 aliphatic rings. The third kappa shape index (κ3) is 2.95. The number of rotatable bonds is 3. The summed E-state index contributed by atoms with van der Waals surface area (Å²) in [6, 6.07) is 8.51. The van der Waals surface area contributed by atoms with E-state index >= 15 is 0 Å². The topological polar surface area (TPSA) is 47.8 Å². The second kappa shape index (κ2) is 5.19. The Labute approximate surface area is 119 Å². The van der Waals surface area contributed by atoms with Crippen LogP contribution < -0.4 is 0 Å². The first-order chi connectivity index (χ1) is 9.29. The van der Waals surface area contributed by atoms with E-state index in [1.807, 2.05) is 6.92 Å². The van der Waals surface area contributed by atoms with Crippen LogP contribution in [0.5, 0.6) is 0 Å². The van der Waals surface area contributed by atoms with Crippen molar-refractivity contribution in [3.05, 3.63) is 46.8 Å². The predicted octanol–water partition coefficient (Wildman–Crippen LogP) is 3.13. The summed E-state index contributed by atoms with van der Waals surface area (Å²) in [7, 11) is 0. The van der Waals surface area contributed by atoms with Crippen molar-refractivity contribution in [1.82, 2.24) is 15.0 Å². The van der Waals surface area contributed by atoms with Crippen molar-refractivity contribution in [1.29, 1.82) is 0 Å². The standard InChI is InChI=1S/C16H21N3O/c1-11-15(12(2)20)17-18-19(11)10-13-6-8-14(9-7-13)16(3,4)5/h6-9H,10H2,1-5H3. The van der Waals surface area contributed by atoms with E-state index < -0.39 is 0 Å². The average molecular weight is 271 g/mol. The molecule has 0 N–H and O–H groups in total. The third-order valence-corrected chi connectivity index (χ3v) is 3.47. The van der Waals surface area contributed by atoms with Crippen LogP contribution in [0, 0.1) is 6.92 Å². The maximum atomic E-state index is 11.4. The molecule has 0 fully saturated rings. The van der Waals surface area contributed by atoms with Gasteiger partial charge in [-0.05, 0) is 23.5 Å². The van der Waals surface area contributed by atoms with Gasteiger partial charge < -0.3 is 0 Å². The Morgan fingerprint density at radius 3 is 2.25 bits per heavy atom. The van der Waals surface area contributed by atoms with E-state index in [1.165, 1.54) is 12.5 Å². The first-order valence-corrected chi connectivity index (χ1v) is 6.79. The van der Waals surface area contributed by atoms with E-state index in [9.17, 15) is 4.79 Å². The fourth-order valence-corrected chi connectivity index (χ4v) is 2.12. The van der Waals surface area contributed by atoms with E-state index in [2.05, 4.69) is 55.3 Å². The largest absolute Gasteiger partial charge is 0.293 e. The van der Waals surface area contributed by atoms with Crippen LogP contribution in [-0.4, -0.2) is 20.8 Å². The maximum absolute atomic E-state index is 11.4. The van der Waals surface area contributed by atoms with Gasteiger partial charge in [0, 0.05) is 6.92 Å². The van der Waals surface area contributed by atoms with Gasteiger partial charge in [-0.25, -0.2) is 4.68 Å². The lowest BCUT2D eigenvalue weighted by molar-refractivity contribution is 0.101. The molecule has 0 radical (unpaired) electrons. The molecular weight excluding hydrogens is 250 g/mol. The maximum Gasteiger partial charge on any atom is 0.181 e. The highest BCUT2D eigenvalue weighted by Gasteiger charge is 2.14. The van der Waals surface area contributed by atoms with Gasteiger partial charge in [-0.1, -0.05) is 50.3 Å². The number of hydrogen-bond donors (Lipinski definition) is 0. The van der Waals surface area contributed by atoms with Gasteiger partial charge in [0.05, 0.1) is 12.2 Å². The van der Waals surface area contributed by atoms with Crippen molar-refractivity contribution < 1.29 is 4.79 Å². The summed E-state index contributed by atoms with van der Waals surface area (Å²) in [4.78, 5) is 11.4. The van der Waals surface area contributed by atoms with Crippen molar-refractivity contribution in [2.75, 3.05) is 0 Å². The molecule has 0 atom stereocenters. The first-order valence-electron chi connectivity index (χ1n) is 6.79. The Hall–Kier alpha value is -1.97. The second-order valence-corrected chi connectivity index (χ2v) is 6.18. The monoisotopic (exact) mass is 271 g/mol. The van der Waals surface area contributed by atoms with Crippen LogP contribution in [-0.2, 0) is 12.0 Å². The number of carbonyl (C=O) groups is 1. The van der Waals surface area contributed by atoms with Crippen molar-refractivity contribution in [2.45, 2.75) is 46.6 Å². The zero-order valence-corrected chi connectivity index (χ0v) is 12.8. The van der Waals surface area contributed by atoms with E-state index in [0.717, 1.165) is 11.3 Å². The van der Waals surface area contributed by atoms with Gasteiger partial charge in [0.15, 0.2) is 11.5 Å². The summed E-state index contributed by atoms with van der Waals surface area (Å²) >= 11 is 0. The van der Waals surface area contributed by atoms with Crippen LogP contribution >= 0.6 is 0 Å². The molecule has 0 saturated carbocycles. The van der Waals surface area contributed by atoms with Gasteiger partial charge in [-0.3, -0.25) is 4.79 Å². The van der Waals surface area contributed by atoms with Crippen LogP contribution in [0.4, 0.5) is 0 Å². The highest BCUT2D eigenvalue weighted by molar-refractivity contribution is 5.92. The molecule has 20 heavy (non-hydrogen) atoms. The number of benzene rings is 1. The average Bonchev–Trinajstić information content (AvgIpc) is 2.71. The van der Waals surface area contributed by atoms with Gasteiger partial charge in [0.2, 0.25) is 0 Å². The minimum Gasteiger partial charge on any atom is -0.293 e. The summed E-state index contributed by atoms with van der Waals surface area (Å²) < 4.78 is 1.77. The van der Waals surface area contributed by atoms with Gasteiger partial charge in [-0.15, -0.1) is 5.10 Å². The van der Waals surface area contributed by atoms with E-state index in [4.69, 9.17) is 0 Å². The van der Waals surface area contributed by atoms with Crippen molar-refractivity contribution in [2.24, 2.45) is 0 Å². The van der Waals surface area contributed by atoms with Crippen LogP contribution in [0.1, 0.15) is 55.0 Å². The molecule has 0 aliphatic heterocycles. The minimum atomic E-state index is -0.0446. The van der Waals surface area contributed by atoms with E-state index in [0.29, 0.717) is 12.2 Å². The van der Waals surface area contributed by atoms with Crippen molar-refractivity contribution in [3.8, 4) is 0 Å². The number of carbonyl (C=O) groups excluding carboxylic acids is 1. The molecule has 1 heterocycles. The normalized spacial score (nSPS) is 11.7. The Kier molecular flexibility index (Phi) is 3.75. The summed E-state index contributed by atoms with van der Waals surface area (Å²) in [6.45, 7) is 10.6. The zero-order valence-electron chi connectivity index (χ0n) is 12.8. The van der Waals surface area contributed by atoms with Gasteiger partial charge >= 0.3 is 0 Å². The molecule has 1 aromatic heterocycles. The number of aromatic nitrogens is 3. The second-order valence-electron chi connectivity index (χ2n) is 6.18. The fourth-order valence-electron chi connectivity index (χ4n) is 2.12. The molecule has 4 nitrogen and oxygen atoms in total. The van der Waals surface area contributed by atoms with Crippen molar-refractivity contribution >= 4 is 5.78 Å². The van der Waals surface area contributed by atoms with Gasteiger partial charge in [0.1, 0.15) is 0 Å². The molecule has 106 valence electrons. The molecule has 1 aromatic carbocycles. The van der Waals surface area contributed by atoms with Gasteiger partial charge in [-0.2, -0.15) is 0 Å². The highest BCUT2D eigenvalue weighted by atomic mass is 16.1. The van der Waals surface area contributed by atoms with Crippen LogP contribution in [0.25, 0.3) is 0 Å². The molecule has 0 bridgehead atoms. The lowest BCUT2D eigenvalue weighted by Crippen LogP contribution is -2.11. The predicted molar refractivity (Wildman–Crippen MR) is 79.0 cm³/mol. The molecule has 0 saturated heterocycles. The van der Waals surface area contributed by atoms with Gasteiger partial charge in [0.25, 0.3) is 0 Å². The molecule has 0 aliphatic carbocycles. The van der Waals surface area contributed by atoms with Crippen LogP contribution in [0.15, 0.2) is 24.3 Å². The van der Waals surface area contributed by atoms with Crippen LogP contribution in [0.3, 0.4) is 0 Å². The summed E-state index contributed by atoms with van der Waals surface area (Å²) in [5, 5.41) is 7.98. The number of ketones is 1. The number of nitrogens with zero attached hydrogens (tertiary/aromatic N) is 3. The zero-order chi connectivity index (χ0) is 14.9. The van der Waals surface area contributed by atoms with Crippen molar-refractivity contribution in [3.63, 3.8) is 0 Å². The Morgan fingerprint density at radius 1 is 1.20 bits per heavy atom. The highest BCUT2D eigenvalue weighted by Crippen LogP contribution is 2.22. The third-order valence-electron chi connectivity index (χ3n) is 3.47. The Bertz CT molecular complexity index is 618. The summed E-state index contributed by atoms with van der Waals surface area (Å²) in [6.07, 6.45) is 0. The molecule has 0 amide bonds. The number of Topliss-reactive ketones (excluding diaryl/α,β-unsaturated/α-hetero) is 1. The fraction of sp³-hybridized carbons (Fsp3) is 0.438. The van der Waals surface area contributed by atoms with E-state index in [1.54, 1.807) is 4.68 Å². The molecular formula is C16H21N3O. The molecule has 2 rings (SSSR count).